The predicted octanol–water partition coefficient (Wildman–Crippen LogP) is 0.556. The van der Waals surface area contributed by atoms with Crippen LogP contribution in [-0.2, 0) is 14.3 Å². The minimum absolute atomic E-state index is 0.342. The molecule has 0 aliphatic carbocycles. The number of carbonyl (C=O) groups excluding carboxylic acids is 2. The third-order valence-corrected chi connectivity index (χ3v) is 1.81. The summed E-state index contributed by atoms with van der Waals surface area (Å²) in [6.45, 7) is 6.31. The Hall–Kier alpha value is -1.52. The van der Waals surface area contributed by atoms with Crippen LogP contribution >= 0.6 is 0 Å². The number of cyclic esters (lactones) is 1. The van der Waals surface area contributed by atoms with Gasteiger partial charge in [0, 0.05) is 6.08 Å². The van der Waals surface area contributed by atoms with Crippen molar-refractivity contribution in [2.45, 2.75) is 13.0 Å². The Morgan fingerprint density at radius 2 is 2.57 bits per heavy atom. The van der Waals surface area contributed by atoms with Crippen LogP contribution in [0.25, 0.3) is 0 Å². The number of hydrogen-bond donors (Lipinski definition) is 0. The van der Waals surface area contributed by atoms with E-state index in [0.29, 0.717) is 19.7 Å². The molecule has 1 saturated heterocycles. The molecule has 0 aromatic carbocycles. The summed E-state index contributed by atoms with van der Waals surface area (Å²) in [6, 6.07) is 0. The molecule has 0 aromatic heterocycles. The number of carbonyl (C=O) groups is 2. The summed E-state index contributed by atoms with van der Waals surface area (Å²) in [4.78, 5) is 23.3. The van der Waals surface area contributed by atoms with E-state index in [1.54, 1.807) is 6.92 Å². The average molecular weight is 199 g/mol. The number of amides is 1. The molecule has 1 rings (SSSR count). The van der Waals surface area contributed by atoms with Gasteiger partial charge >= 0.3 is 12.1 Å². The molecule has 0 radical (unpaired) electrons. The smallest absolute Gasteiger partial charge is 0.410 e. The second kappa shape index (κ2) is 4.64. The summed E-state index contributed by atoms with van der Waals surface area (Å²) in [6.07, 6.45) is 0.399. The third-order valence-electron chi connectivity index (χ3n) is 1.81. The Morgan fingerprint density at radius 1 is 1.86 bits per heavy atom. The molecule has 5 nitrogen and oxygen atoms in total. The van der Waals surface area contributed by atoms with Crippen molar-refractivity contribution in [3.63, 3.8) is 0 Å². The van der Waals surface area contributed by atoms with Crippen LogP contribution in [0.15, 0.2) is 12.7 Å². The van der Waals surface area contributed by atoms with Crippen LogP contribution < -0.4 is 0 Å². The number of ether oxygens (including phenoxy) is 2. The van der Waals surface area contributed by atoms with E-state index in [1.807, 2.05) is 0 Å². The summed E-state index contributed by atoms with van der Waals surface area (Å²) >= 11 is 0. The molecule has 78 valence electrons. The zero-order valence-corrected chi connectivity index (χ0v) is 8.06. The fraction of sp³-hybridized carbons (Fsp3) is 0.556. The SMILES string of the molecule is C=CC(=O)OC(C)CN1CCOC1=O. The van der Waals surface area contributed by atoms with E-state index in [4.69, 9.17) is 9.47 Å². The molecule has 0 N–H and O–H groups in total. The van der Waals surface area contributed by atoms with Gasteiger partial charge in [0.2, 0.25) is 0 Å². The topological polar surface area (TPSA) is 55.8 Å². The van der Waals surface area contributed by atoms with Gasteiger partial charge < -0.3 is 14.4 Å². The maximum atomic E-state index is 11.0. The van der Waals surface area contributed by atoms with Crippen molar-refractivity contribution in [3.05, 3.63) is 12.7 Å². The monoisotopic (exact) mass is 199 g/mol. The van der Waals surface area contributed by atoms with Crippen molar-refractivity contribution >= 4 is 12.1 Å². The molecule has 0 saturated carbocycles. The summed E-state index contributed by atoms with van der Waals surface area (Å²) in [7, 11) is 0. The lowest BCUT2D eigenvalue weighted by molar-refractivity contribution is -0.142. The molecule has 1 aliphatic heterocycles. The molecular weight excluding hydrogens is 186 g/mol. The lowest BCUT2D eigenvalue weighted by atomic mass is 10.3. The van der Waals surface area contributed by atoms with Gasteiger partial charge in [-0.2, -0.15) is 0 Å². The average Bonchev–Trinajstić information content (AvgIpc) is 2.51. The molecule has 5 heteroatoms. The van der Waals surface area contributed by atoms with Crippen LogP contribution in [0.1, 0.15) is 6.92 Å². The minimum atomic E-state index is -0.481. The number of hydrogen-bond acceptors (Lipinski definition) is 4. The Morgan fingerprint density at radius 3 is 3.07 bits per heavy atom. The first-order valence-corrected chi connectivity index (χ1v) is 4.38. The zero-order valence-electron chi connectivity index (χ0n) is 8.06. The van der Waals surface area contributed by atoms with Crippen molar-refractivity contribution < 1.29 is 19.1 Å². The fourth-order valence-corrected chi connectivity index (χ4v) is 1.19. The number of rotatable bonds is 4. The molecule has 0 bridgehead atoms. The zero-order chi connectivity index (χ0) is 10.6. The van der Waals surface area contributed by atoms with Crippen LogP contribution in [0.5, 0.6) is 0 Å². The highest BCUT2D eigenvalue weighted by Gasteiger charge is 2.24. The Labute approximate surface area is 82.3 Å². The molecule has 1 heterocycles. The second-order valence-corrected chi connectivity index (χ2v) is 3.01. The van der Waals surface area contributed by atoms with Crippen molar-refractivity contribution in [2.75, 3.05) is 19.7 Å². The number of esters is 1. The van der Waals surface area contributed by atoms with E-state index in [-0.39, 0.29) is 12.2 Å². The van der Waals surface area contributed by atoms with Gasteiger partial charge in [0.1, 0.15) is 12.7 Å². The lowest BCUT2D eigenvalue weighted by Crippen LogP contribution is -2.33. The van der Waals surface area contributed by atoms with Crippen LogP contribution in [-0.4, -0.2) is 42.8 Å². The molecule has 1 fully saturated rings. The van der Waals surface area contributed by atoms with E-state index in [9.17, 15) is 9.59 Å². The summed E-state index contributed by atoms with van der Waals surface area (Å²) in [5.41, 5.74) is 0. The summed E-state index contributed by atoms with van der Waals surface area (Å²) < 4.78 is 9.63. The molecule has 1 atom stereocenters. The second-order valence-electron chi connectivity index (χ2n) is 3.01. The van der Waals surface area contributed by atoms with E-state index < -0.39 is 5.97 Å². The normalized spacial score (nSPS) is 17.5. The van der Waals surface area contributed by atoms with Crippen LogP contribution in [0.4, 0.5) is 4.79 Å². The van der Waals surface area contributed by atoms with Crippen molar-refractivity contribution in [1.82, 2.24) is 4.90 Å². The maximum absolute atomic E-state index is 11.0. The van der Waals surface area contributed by atoms with Gasteiger partial charge in [-0.15, -0.1) is 0 Å². The van der Waals surface area contributed by atoms with Crippen LogP contribution in [0, 0.1) is 0 Å². The van der Waals surface area contributed by atoms with Crippen molar-refractivity contribution in [3.8, 4) is 0 Å². The Balaban J connectivity index is 2.32. The van der Waals surface area contributed by atoms with Gasteiger partial charge in [-0.25, -0.2) is 9.59 Å². The molecule has 1 amide bonds. The molecule has 0 spiro atoms. The predicted molar refractivity (Wildman–Crippen MR) is 48.7 cm³/mol. The van der Waals surface area contributed by atoms with Gasteiger partial charge in [0.15, 0.2) is 0 Å². The Bertz CT molecular complexity index is 251. The summed E-state index contributed by atoms with van der Waals surface area (Å²) in [5, 5.41) is 0. The highest BCUT2D eigenvalue weighted by Crippen LogP contribution is 2.05. The fourth-order valence-electron chi connectivity index (χ4n) is 1.19. The molecular formula is C9H13NO4. The van der Waals surface area contributed by atoms with Crippen LogP contribution in [0.3, 0.4) is 0 Å². The highest BCUT2D eigenvalue weighted by atomic mass is 16.6. The molecule has 14 heavy (non-hydrogen) atoms. The third kappa shape index (κ3) is 2.76. The van der Waals surface area contributed by atoms with Gasteiger partial charge in [0.25, 0.3) is 0 Å². The van der Waals surface area contributed by atoms with Crippen LogP contribution in [0.2, 0.25) is 0 Å². The van der Waals surface area contributed by atoms with E-state index in [0.717, 1.165) is 6.08 Å². The van der Waals surface area contributed by atoms with E-state index in [2.05, 4.69) is 6.58 Å². The first-order valence-electron chi connectivity index (χ1n) is 4.38. The molecule has 1 unspecified atom stereocenters. The first-order chi connectivity index (χ1) is 6.63. The minimum Gasteiger partial charge on any atom is -0.458 e. The van der Waals surface area contributed by atoms with Crippen molar-refractivity contribution in [2.24, 2.45) is 0 Å². The highest BCUT2D eigenvalue weighted by molar-refractivity contribution is 5.81. The van der Waals surface area contributed by atoms with Gasteiger partial charge in [-0.1, -0.05) is 6.58 Å². The largest absolute Gasteiger partial charge is 0.458 e. The molecule has 1 aliphatic rings. The van der Waals surface area contributed by atoms with Crippen molar-refractivity contribution in [1.29, 1.82) is 0 Å². The number of nitrogens with zero attached hydrogens (tertiary/aromatic N) is 1. The van der Waals surface area contributed by atoms with E-state index >= 15 is 0 Å². The van der Waals surface area contributed by atoms with Gasteiger partial charge in [-0.05, 0) is 6.92 Å². The lowest BCUT2D eigenvalue weighted by Gasteiger charge is -2.17. The Kier molecular flexibility index (Phi) is 3.50. The quantitative estimate of drug-likeness (QED) is 0.490. The van der Waals surface area contributed by atoms with E-state index in [1.165, 1.54) is 4.90 Å². The maximum Gasteiger partial charge on any atom is 0.410 e. The molecule has 0 aromatic rings. The first kappa shape index (κ1) is 10.6. The van der Waals surface area contributed by atoms with Gasteiger partial charge in [0.05, 0.1) is 13.1 Å². The standard InChI is InChI=1S/C9H13NO4/c1-3-8(11)14-7(2)6-10-4-5-13-9(10)12/h3,7H,1,4-6H2,2H3. The summed E-state index contributed by atoms with van der Waals surface area (Å²) in [5.74, 6) is -0.481. The van der Waals surface area contributed by atoms with Gasteiger partial charge in [-0.3, -0.25) is 0 Å².